The van der Waals surface area contributed by atoms with Crippen LogP contribution in [0.2, 0.25) is 5.02 Å². The van der Waals surface area contributed by atoms with Crippen LogP contribution in [-0.2, 0) is 6.54 Å². The molecular weight excluding hydrogens is 308 g/mol. The van der Waals surface area contributed by atoms with Gasteiger partial charge in [0.05, 0.1) is 28.3 Å². The third-order valence-electron chi connectivity index (χ3n) is 3.00. The fourth-order valence-corrected chi connectivity index (χ4v) is 2.90. The van der Waals surface area contributed by atoms with Gasteiger partial charge in [0.15, 0.2) is 0 Å². The van der Waals surface area contributed by atoms with E-state index in [9.17, 15) is 4.79 Å². The number of amides is 1. The number of hydrogen-bond donors (Lipinski definition) is 1. The summed E-state index contributed by atoms with van der Waals surface area (Å²) in [5.74, 6) is 0.483. The maximum absolute atomic E-state index is 12.4. The first-order chi connectivity index (χ1) is 10.0. The van der Waals surface area contributed by atoms with Gasteiger partial charge >= 0.3 is 0 Å². The zero-order chi connectivity index (χ0) is 15.4. The molecule has 0 fully saturated rings. The third kappa shape index (κ3) is 3.71. The summed E-state index contributed by atoms with van der Waals surface area (Å²) < 4.78 is 0. The van der Waals surface area contributed by atoms with E-state index in [1.807, 2.05) is 13.8 Å². The lowest BCUT2D eigenvalue weighted by molar-refractivity contribution is 0.0786. The predicted molar refractivity (Wildman–Crippen MR) is 86.1 cm³/mol. The molecule has 0 aliphatic carbocycles. The van der Waals surface area contributed by atoms with Gasteiger partial charge in [-0.3, -0.25) is 4.79 Å². The number of hydrogen-bond acceptors (Lipinski definition) is 5. The third-order valence-corrected chi connectivity index (χ3v) is 4.21. The largest absolute Gasteiger partial charge is 0.369 e. The second-order valence-corrected chi connectivity index (χ2v) is 5.95. The average Bonchev–Trinajstić information content (AvgIpc) is 2.86. The fraction of sp³-hybridized carbons (Fsp3) is 0.357. The fourth-order valence-electron chi connectivity index (χ4n) is 1.84. The molecule has 0 saturated carbocycles. The number of nitrogens with one attached hydrogen (secondary N) is 1. The van der Waals surface area contributed by atoms with E-state index in [1.54, 1.807) is 41.1 Å². The van der Waals surface area contributed by atoms with Crippen LogP contribution in [0.1, 0.15) is 27.9 Å². The summed E-state index contributed by atoms with van der Waals surface area (Å²) in [6, 6.07) is 1.64. The summed E-state index contributed by atoms with van der Waals surface area (Å²) in [6.07, 6.45) is 1.54. The Morgan fingerprint density at radius 3 is 2.81 bits per heavy atom. The molecule has 7 heteroatoms. The molecule has 2 heterocycles. The van der Waals surface area contributed by atoms with Crippen LogP contribution in [0.25, 0.3) is 0 Å². The van der Waals surface area contributed by atoms with E-state index < -0.39 is 0 Å². The molecule has 0 bridgehead atoms. The molecular formula is C14H17ClN4OS. The van der Waals surface area contributed by atoms with Crippen molar-refractivity contribution in [2.75, 3.05) is 18.9 Å². The van der Waals surface area contributed by atoms with Crippen molar-refractivity contribution in [3.05, 3.63) is 38.9 Å². The molecule has 112 valence electrons. The first-order valence-electron chi connectivity index (χ1n) is 6.56. The molecule has 0 unspecified atom stereocenters. The molecule has 2 aromatic rings. The first-order valence-corrected chi connectivity index (χ1v) is 7.82. The van der Waals surface area contributed by atoms with E-state index in [2.05, 4.69) is 15.3 Å². The molecule has 2 rings (SSSR count). The highest BCUT2D eigenvalue weighted by Crippen LogP contribution is 2.21. The van der Waals surface area contributed by atoms with Crippen LogP contribution in [0, 0.1) is 6.92 Å². The molecule has 0 radical (unpaired) electrons. The zero-order valence-electron chi connectivity index (χ0n) is 12.2. The van der Waals surface area contributed by atoms with Crippen LogP contribution in [-0.4, -0.2) is 34.4 Å². The lowest BCUT2D eigenvalue weighted by Gasteiger charge is -2.17. The maximum atomic E-state index is 12.4. The van der Waals surface area contributed by atoms with Gasteiger partial charge in [-0.25, -0.2) is 9.97 Å². The Hall–Kier alpha value is -1.66. The minimum Gasteiger partial charge on any atom is -0.369 e. The van der Waals surface area contributed by atoms with Gasteiger partial charge in [-0.05, 0) is 19.9 Å². The van der Waals surface area contributed by atoms with E-state index in [1.165, 1.54) is 0 Å². The van der Waals surface area contributed by atoms with Crippen LogP contribution in [0.5, 0.6) is 0 Å². The monoisotopic (exact) mass is 324 g/mol. The molecule has 0 atom stereocenters. The van der Waals surface area contributed by atoms with Crippen LogP contribution in [0.3, 0.4) is 0 Å². The summed E-state index contributed by atoms with van der Waals surface area (Å²) >= 11 is 7.67. The minimum atomic E-state index is -0.111. The number of carbonyl (C=O) groups excluding carboxylic acids is 1. The van der Waals surface area contributed by atoms with Crippen molar-refractivity contribution in [1.29, 1.82) is 0 Å². The molecule has 2 aromatic heterocycles. The SMILES string of the molecule is CCNc1ncc(C(=O)N(C)Cc2scnc2C)cc1Cl. The van der Waals surface area contributed by atoms with Gasteiger partial charge < -0.3 is 10.2 Å². The summed E-state index contributed by atoms with van der Waals surface area (Å²) in [7, 11) is 1.76. The standard InChI is InChI=1S/C14H17ClN4OS/c1-4-16-13-11(15)5-10(6-17-13)14(20)19(3)7-12-9(2)18-8-21-12/h5-6,8H,4,7H2,1-3H3,(H,16,17). The van der Waals surface area contributed by atoms with Crippen molar-refractivity contribution >= 4 is 34.7 Å². The molecule has 1 amide bonds. The topological polar surface area (TPSA) is 58.1 Å². The maximum Gasteiger partial charge on any atom is 0.255 e. The number of rotatable bonds is 5. The summed E-state index contributed by atoms with van der Waals surface area (Å²) in [4.78, 5) is 23.5. The van der Waals surface area contributed by atoms with Crippen molar-refractivity contribution in [1.82, 2.24) is 14.9 Å². The lowest BCUT2D eigenvalue weighted by atomic mass is 10.2. The number of thiazole rings is 1. The van der Waals surface area contributed by atoms with E-state index in [-0.39, 0.29) is 5.91 Å². The molecule has 21 heavy (non-hydrogen) atoms. The Bertz CT molecular complexity index is 644. The first kappa shape index (κ1) is 15.7. The molecule has 0 spiro atoms. The van der Waals surface area contributed by atoms with Gasteiger partial charge in [0.1, 0.15) is 5.82 Å². The molecule has 0 aliphatic heterocycles. The number of nitrogens with zero attached hydrogens (tertiary/aromatic N) is 3. The Morgan fingerprint density at radius 1 is 1.48 bits per heavy atom. The Morgan fingerprint density at radius 2 is 2.24 bits per heavy atom. The second-order valence-electron chi connectivity index (χ2n) is 4.61. The number of pyridine rings is 1. The highest BCUT2D eigenvalue weighted by Gasteiger charge is 2.16. The number of aryl methyl sites for hydroxylation is 1. The molecule has 0 saturated heterocycles. The lowest BCUT2D eigenvalue weighted by Crippen LogP contribution is -2.26. The molecule has 0 aromatic carbocycles. The molecule has 1 N–H and O–H groups in total. The Labute approximate surface area is 133 Å². The van der Waals surface area contributed by atoms with Gasteiger partial charge in [0.25, 0.3) is 5.91 Å². The van der Waals surface area contributed by atoms with Gasteiger partial charge in [0.2, 0.25) is 0 Å². The number of anilines is 1. The smallest absolute Gasteiger partial charge is 0.255 e. The number of halogens is 1. The average molecular weight is 325 g/mol. The summed E-state index contributed by atoms with van der Waals surface area (Å²) in [5, 5.41) is 3.49. The van der Waals surface area contributed by atoms with Crippen LogP contribution < -0.4 is 5.32 Å². The van der Waals surface area contributed by atoms with Crippen molar-refractivity contribution in [2.45, 2.75) is 20.4 Å². The number of aromatic nitrogens is 2. The highest BCUT2D eigenvalue weighted by atomic mass is 35.5. The minimum absolute atomic E-state index is 0.111. The predicted octanol–water partition coefficient (Wildman–Crippen LogP) is 3.20. The van der Waals surface area contributed by atoms with E-state index >= 15 is 0 Å². The van der Waals surface area contributed by atoms with Crippen LogP contribution in [0.15, 0.2) is 17.8 Å². The zero-order valence-corrected chi connectivity index (χ0v) is 13.8. The van der Waals surface area contributed by atoms with E-state index in [4.69, 9.17) is 11.6 Å². The van der Waals surface area contributed by atoms with Gasteiger partial charge in [-0.1, -0.05) is 11.6 Å². The Balaban J connectivity index is 2.12. The summed E-state index contributed by atoms with van der Waals surface area (Å²) in [5.41, 5.74) is 3.22. The quantitative estimate of drug-likeness (QED) is 0.917. The number of carbonyl (C=O) groups is 1. The second kappa shape index (κ2) is 6.87. The van der Waals surface area contributed by atoms with Crippen molar-refractivity contribution in [2.24, 2.45) is 0 Å². The Kier molecular flexibility index (Phi) is 5.14. The van der Waals surface area contributed by atoms with Crippen LogP contribution >= 0.6 is 22.9 Å². The van der Waals surface area contributed by atoms with E-state index in [0.29, 0.717) is 22.9 Å². The van der Waals surface area contributed by atoms with E-state index in [0.717, 1.165) is 17.1 Å². The van der Waals surface area contributed by atoms with Crippen molar-refractivity contribution < 1.29 is 4.79 Å². The van der Waals surface area contributed by atoms with Gasteiger partial charge in [-0.2, -0.15) is 0 Å². The van der Waals surface area contributed by atoms with Crippen molar-refractivity contribution in [3.8, 4) is 0 Å². The van der Waals surface area contributed by atoms with Crippen molar-refractivity contribution in [3.63, 3.8) is 0 Å². The van der Waals surface area contributed by atoms with Crippen LogP contribution in [0.4, 0.5) is 5.82 Å². The molecule has 5 nitrogen and oxygen atoms in total. The molecule has 0 aliphatic rings. The van der Waals surface area contributed by atoms with Gasteiger partial charge in [-0.15, -0.1) is 11.3 Å². The summed E-state index contributed by atoms with van der Waals surface area (Å²) in [6.45, 7) is 5.16. The van der Waals surface area contributed by atoms with Gasteiger partial charge in [0, 0.05) is 24.7 Å². The normalized spacial score (nSPS) is 10.5. The highest BCUT2D eigenvalue weighted by molar-refractivity contribution is 7.09.